The van der Waals surface area contributed by atoms with Crippen LogP contribution in [0.3, 0.4) is 0 Å². The number of benzene rings is 1. The first-order valence-corrected chi connectivity index (χ1v) is 5.49. The second-order valence-corrected chi connectivity index (χ2v) is 4.25. The molecule has 0 saturated carbocycles. The lowest BCUT2D eigenvalue weighted by Crippen LogP contribution is -1.97. The first-order valence-electron chi connectivity index (χ1n) is 4.68. The molecular formula is C11H10FN3S. The van der Waals surface area contributed by atoms with Crippen molar-refractivity contribution in [3.05, 3.63) is 42.0 Å². The van der Waals surface area contributed by atoms with Gasteiger partial charge in [-0.05, 0) is 19.1 Å². The largest absolute Gasteiger partial charge is 0.383 e. The molecular weight excluding hydrogens is 225 g/mol. The number of nitrogen functional groups attached to an aromatic ring is 1. The van der Waals surface area contributed by atoms with E-state index in [0.29, 0.717) is 15.7 Å². The second-order valence-electron chi connectivity index (χ2n) is 3.22. The number of nitrogens with two attached hydrogens (primary N) is 1. The topological polar surface area (TPSA) is 51.8 Å². The molecule has 0 amide bonds. The summed E-state index contributed by atoms with van der Waals surface area (Å²) >= 11 is 1.25. The van der Waals surface area contributed by atoms with Crippen LogP contribution in [0.25, 0.3) is 0 Å². The number of rotatable bonds is 2. The quantitative estimate of drug-likeness (QED) is 0.813. The molecule has 1 heterocycles. The van der Waals surface area contributed by atoms with E-state index in [9.17, 15) is 4.39 Å². The van der Waals surface area contributed by atoms with Crippen molar-refractivity contribution < 1.29 is 4.39 Å². The molecule has 2 aromatic rings. The number of aromatic nitrogens is 2. The van der Waals surface area contributed by atoms with Gasteiger partial charge in [-0.2, -0.15) is 0 Å². The van der Waals surface area contributed by atoms with Crippen molar-refractivity contribution in [2.45, 2.75) is 16.8 Å². The highest BCUT2D eigenvalue weighted by atomic mass is 32.2. The zero-order chi connectivity index (χ0) is 11.5. The fourth-order valence-electron chi connectivity index (χ4n) is 1.18. The summed E-state index contributed by atoms with van der Waals surface area (Å²) in [4.78, 5) is 8.47. The lowest BCUT2D eigenvalue weighted by atomic mass is 10.3. The van der Waals surface area contributed by atoms with E-state index < -0.39 is 0 Å². The molecule has 3 nitrogen and oxygen atoms in total. The Morgan fingerprint density at radius 2 is 2.00 bits per heavy atom. The molecule has 0 bridgehead atoms. The maximum Gasteiger partial charge on any atom is 0.137 e. The van der Waals surface area contributed by atoms with Gasteiger partial charge in [0.1, 0.15) is 23.0 Å². The summed E-state index contributed by atoms with van der Waals surface area (Å²) < 4.78 is 13.4. The third-order valence-corrected chi connectivity index (χ3v) is 3.28. The van der Waals surface area contributed by atoms with E-state index in [1.165, 1.54) is 24.2 Å². The van der Waals surface area contributed by atoms with Gasteiger partial charge in [-0.1, -0.05) is 23.9 Å². The number of nitrogens with zero attached hydrogens (tertiary/aromatic N) is 2. The Hall–Kier alpha value is -1.62. The van der Waals surface area contributed by atoms with Crippen LogP contribution in [0.5, 0.6) is 0 Å². The Morgan fingerprint density at radius 3 is 2.75 bits per heavy atom. The van der Waals surface area contributed by atoms with Gasteiger partial charge < -0.3 is 5.73 Å². The van der Waals surface area contributed by atoms with Crippen LogP contribution in [0.15, 0.2) is 40.5 Å². The van der Waals surface area contributed by atoms with Crippen molar-refractivity contribution in [2.24, 2.45) is 0 Å². The molecule has 0 saturated heterocycles. The number of hydrogen-bond donors (Lipinski definition) is 1. The summed E-state index contributed by atoms with van der Waals surface area (Å²) in [6, 6.07) is 6.56. The number of hydrogen-bond acceptors (Lipinski definition) is 4. The highest BCUT2D eigenvalue weighted by molar-refractivity contribution is 7.99. The van der Waals surface area contributed by atoms with Gasteiger partial charge in [-0.15, -0.1) is 0 Å². The molecule has 82 valence electrons. The maximum atomic E-state index is 13.4. The highest BCUT2D eigenvalue weighted by Crippen LogP contribution is 2.31. The van der Waals surface area contributed by atoms with Gasteiger partial charge in [0, 0.05) is 10.5 Å². The number of halogens is 1. The Morgan fingerprint density at radius 1 is 1.25 bits per heavy atom. The van der Waals surface area contributed by atoms with E-state index in [2.05, 4.69) is 9.97 Å². The van der Waals surface area contributed by atoms with Crippen molar-refractivity contribution in [1.29, 1.82) is 0 Å². The molecule has 2 N–H and O–H groups in total. The molecule has 1 aromatic carbocycles. The molecule has 0 unspecified atom stereocenters. The van der Waals surface area contributed by atoms with Gasteiger partial charge in [0.15, 0.2) is 0 Å². The summed E-state index contributed by atoms with van der Waals surface area (Å²) in [5.41, 5.74) is 6.43. The smallest absolute Gasteiger partial charge is 0.137 e. The molecule has 0 aliphatic rings. The van der Waals surface area contributed by atoms with Crippen LogP contribution in [0.2, 0.25) is 0 Å². The lowest BCUT2D eigenvalue weighted by molar-refractivity contribution is 0.602. The van der Waals surface area contributed by atoms with E-state index in [1.54, 1.807) is 18.2 Å². The summed E-state index contributed by atoms with van der Waals surface area (Å²) in [6.45, 7) is 1.82. The van der Waals surface area contributed by atoms with Crippen molar-refractivity contribution in [1.82, 2.24) is 9.97 Å². The Labute approximate surface area is 96.9 Å². The van der Waals surface area contributed by atoms with Crippen LogP contribution in [-0.2, 0) is 0 Å². The Balaban J connectivity index is 2.35. The van der Waals surface area contributed by atoms with Crippen LogP contribution in [0, 0.1) is 12.7 Å². The fraction of sp³-hybridized carbons (Fsp3) is 0.0909. The monoisotopic (exact) mass is 235 g/mol. The lowest BCUT2D eigenvalue weighted by Gasteiger charge is -2.06. The van der Waals surface area contributed by atoms with E-state index in [1.807, 2.05) is 6.92 Å². The van der Waals surface area contributed by atoms with Crippen LogP contribution in [0.1, 0.15) is 5.56 Å². The molecule has 0 aliphatic heterocycles. The molecule has 0 aliphatic carbocycles. The molecule has 16 heavy (non-hydrogen) atoms. The summed E-state index contributed by atoms with van der Waals surface area (Å²) in [7, 11) is 0. The average Bonchev–Trinajstić information content (AvgIpc) is 2.28. The SMILES string of the molecule is Cc1c(N)ncnc1Sc1ccccc1F. The van der Waals surface area contributed by atoms with Gasteiger partial charge in [0.05, 0.1) is 0 Å². The minimum atomic E-state index is -0.260. The van der Waals surface area contributed by atoms with Crippen molar-refractivity contribution in [3.63, 3.8) is 0 Å². The molecule has 0 radical (unpaired) electrons. The third kappa shape index (κ3) is 2.14. The van der Waals surface area contributed by atoms with E-state index in [-0.39, 0.29) is 5.82 Å². The second kappa shape index (κ2) is 4.49. The standard InChI is InChI=1S/C11H10FN3S/c1-7-10(13)14-6-15-11(7)16-9-5-3-2-4-8(9)12/h2-6H,1H3,(H2,13,14,15). The molecule has 0 spiro atoms. The fourth-order valence-corrected chi connectivity index (χ4v) is 2.06. The van der Waals surface area contributed by atoms with Gasteiger partial charge in [-0.25, -0.2) is 14.4 Å². The predicted octanol–water partition coefficient (Wildman–Crippen LogP) is 2.66. The van der Waals surface area contributed by atoms with Gasteiger partial charge >= 0.3 is 0 Å². The normalized spacial score (nSPS) is 10.4. The van der Waals surface area contributed by atoms with Crippen LogP contribution in [0.4, 0.5) is 10.2 Å². The molecule has 0 fully saturated rings. The minimum Gasteiger partial charge on any atom is -0.383 e. The van der Waals surface area contributed by atoms with Crippen LogP contribution in [-0.4, -0.2) is 9.97 Å². The Kier molecular flexibility index (Phi) is 3.05. The molecule has 2 rings (SSSR count). The van der Waals surface area contributed by atoms with Crippen molar-refractivity contribution in [2.75, 3.05) is 5.73 Å². The first kappa shape index (κ1) is 10.9. The maximum absolute atomic E-state index is 13.4. The number of anilines is 1. The van der Waals surface area contributed by atoms with Gasteiger partial charge in [0.25, 0.3) is 0 Å². The Bertz CT molecular complexity index is 516. The molecule has 1 aromatic heterocycles. The average molecular weight is 235 g/mol. The van der Waals surface area contributed by atoms with E-state index in [0.717, 1.165) is 5.56 Å². The highest BCUT2D eigenvalue weighted by Gasteiger charge is 2.08. The first-order chi connectivity index (χ1) is 7.68. The van der Waals surface area contributed by atoms with Gasteiger partial charge in [-0.3, -0.25) is 0 Å². The van der Waals surface area contributed by atoms with Crippen LogP contribution < -0.4 is 5.73 Å². The summed E-state index contributed by atoms with van der Waals surface area (Å²) in [5.74, 6) is 0.165. The predicted molar refractivity (Wildman–Crippen MR) is 61.7 cm³/mol. The van der Waals surface area contributed by atoms with Gasteiger partial charge in [0.2, 0.25) is 0 Å². The van der Waals surface area contributed by atoms with E-state index >= 15 is 0 Å². The van der Waals surface area contributed by atoms with Crippen molar-refractivity contribution in [3.8, 4) is 0 Å². The third-order valence-electron chi connectivity index (χ3n) is 2.12. The van der Waals surface area contributed by atoms with Crippen LogP contribution >= 0.6 is 11.8 Å². The summed E-state index contributed by atoms with van der Waals surface area (Å²) in [6.07, 6.45) is 1.38. The zero-order valence-electron chi connectivity index (χ0n) is 8.64. The minimum absolute atomic E-state index is 0.260. The van der Waals surface area contributed by atoms with E-state index in [4.69, 9.17) is 5.73 Å². The summed E-state index contributed by atoms with van der Waals surface area (Å²) in [5, 5.41) is 0.678. The molecule has 5 heteroatoms. The molecule has 0 atom stereocenters. The zero-order valence-corrected chi connectivity index (χ0v) is 9.46. The van der Waals surface area contributed by atoms with Crippen molar-refractivity contribution >= 4 is 17.6 Å².